The molecule has 1 N–H and O–H groups in total. The van der Waals surface area contributed by atoms with Crippen molar-refractivity contribution in [3.8, 4) is 0 Å². The second-order valence-corrected chi connectivity index (χ2v) is 4.15. The highest BCUT2D eigenvalue weighted by atomic mass is 19.4. The maximum atomic E-state index is 12.8. The molecule has 0 aliphatic carbocycles. The summed E-state index contributed by atoms with van der Waals surface area (Å²) in [7, 11) is 0. The van der Waals surface area contributed by atoms with E-state index in [4.69, 9.17) is 0 Å². The van der Waals surface area contributed by atoms with Gasteiger partial charge in [-0.15, -0.1) is 0 Å². The summed E-state index contributed by atoms with van der Waals surface area (Å²) in [5, 5.41) is 3.57. The van der Waals surface area contributed by atoms with E-state index in [0.29, 0.717) is 5.56 Å². The topological polar surface area (TPSA) is 41.5 Å². The summed E-state index contributed by atoms with van der Waals surface area (Å²) in [6, 6.07) is 13.3. The van der Waals surface area contributed by atoms with Gasteiger partial charge < -0.3 is 0 Å². The van der Waals surface area contributed by atoms with E-state index in [9.17, 15) is 18.0 Å². The van der Waals surface area contributed by atoms with Crippen molar-refractivity contribution in [3.05, 3.63) is 71.3 Å². The molecule has 0 aromatic heterocycles. The molecule has 21 heavy (non-hydrogen) atoms. The zero-order valence-corrected chi connectivity index (χ0v) is 10.8. The summed E-state index contributed by atoms with van der Waals surface area (Å²) in [5.74, 6) is -0.490. The Hall–Kier alpha value is -2.63. The molecule has 0 saturated carbocycles. The van der Waals surface area contributed by atoms with Crippen molar-refractivity contribution in [2.24, 2.45) is 5.10 Å². The molecule has 2 aromatic rings. The molecule has 0 aliphatic rings. The predicted octanol–water partition coefficient (Wildman–Crippen LogP) is 3.47. The number of nitrogens with one attached hydrogen (secondary N) is 1. The van der Waals surface area contributed by atoms with Crippen LogP contribution >= 0.6 is 0 Å². The highest BCUT2D eigenvalue weighted by Crippen LogP contribution is 2.30. The molecular formula is C15H11F3N2O. The molecule has 0 bridgehead atoms. The highest BCUT2D eigenvalue weighted by molar-refractivity contribution is 5.94. The molecule has 6 heteroatoms. The van der Waals surface area contributed by atoms with Gasteiger partial charge in [-0.25, -0.2) is 5.43 Å². The zero-order chi connectivity index (χ0) is 15.3. The van der Waals surface area contributed by atoms with Crippen LogP contribution in [-0.4, -0.2) is 12.1 Å². The van der Waals surface area contributed by atoms with Crippen molar-refractivity contribution >= 4 is 12.1 Å². The number of carbonyl (C=O) groups excluding carboxylic acids is 1. The highest BCUT2D eigenvalue weighted by Gasteiger charge is 2.32. The summed E-state index contributed by atoms with van der Waals surface area (Å²) in [6.45, 7) is 0. The lowest BCUT2D eigenvalue weighted by molar-refractivity contribution is -0.137. The van der Waals surface area contributed by atoms with E-state index in [0.717, 1.165) is 12.3 Å². The minimum absolute atomic E-state index is 0.113. The first-order chi connectivity index (χ1) is 9.98. The van der Waals surface area contributed by atoms with Crippen LogP contribution < -0.4 is 5.43 Å². The van der Waals surface area contributed by atoms with Gasteiger partial charge in [0.15, 0.2) is 0 Å². The number of hydrazone groups is 1. The van der Waals surface area contributed by atoms with Gasteiger partial charge in [-0.2, -0.15) is 18.3 Å². The van der Waals surface area contributed by atoms with Gasteiger partial charge in [0.2, 0.25) is 0 Å². The number of hydrogen-bond acceptors (Lipinski definition) is 2. The van der Waals surface area contributed by atoms with Crippen LogP contribution in [0.25, 0.3) is 0 Å². The average Bonchev–Trinajstić information content (AvgIpc) is 2.47. The van der Waals surface area contributed by atoms with Crippen molar-refractivity contribution in [2.45, 2.75) is 6.18 Å². The molecular weight excluding hydrogens is 281 g/mol. The van der Waals surface area contributed by atoms with Crippen LogP contribution in [0, 0.1) is 0 Å². The van der Waals surface area contributed by atoms with Crippen molar-refractivity contribution in [2.75, 3.05) is 0 Å². The van der Waals surface area contributed by atoms with E-state index in [1.807, 2.05) is 0 Å². The van der Waals surface area contributed by atoms with Crippen LogP contribution in [-0.2, 0) is 6.18 Å². The number of halogens is 3. The van der Waals surface area contributed by atoms with Gasteiger partial charge in [0, 0.05) is 11.1 Å². The summed E-state index contributed by atoms with van der Waals surface area (Å²) < 4.78 is 38.3. The van der Waals surface area contributed by atoms with Crippen LogP contribution in [0.4, 0.5) is 13.2 Å². The fourth-order valence-corrected chi connectivity index (χ4v) is 1.68. The first-order valence-corrected chi connectivity index (χ1v) is 6.03. The fraction of sp³-hybridized carbons (Fsp3) is 0.0667. The smallest absolute Gasteiger partial charge is 0.267 e. The van der Waals surface area contributed by atoms with Crippen molar-refractivity contribution in [1.82, 2.24) is 5.43 Å². The van der Waals surface area contributed by atoms with Crippen molar-refractivity contribution in [1.29, 1.82) is 0 Å². The van der Waals surface area contributed by atoms with Crippen LogP contribution in [0.1, 0.15) is 21.5 Å². The molecule has 0 heterocycles. The fourth-order valence-electron chi connectivity index (χ4n) is 1.68. The van der Waals surface area contributed by atoms with E-state index >= 15 is 0 Å². The maximum absolute atomic E-state index is 12.8. The van der Waals surface area contributed by atoms with Gasteiger partial charge in [0.25, 0.3) is 5.91 Å². The van der Waals surface area contributed by atoms with E-state index in [-0.39, 0.29) is 5.56 Å². The average molecular weight is 292 g/mol. The van der Waals surface area contributed by atoms with Crippen LogP contribution in [0.2, 0.25) is 0 Å². The Labute approximate surface area is 119 Å². The van der Waals surface area contributed by atoms with E-state index in [1.54, 1.807) is 30.3 Å². The summed E-state index contributed by atoms with van der Waals surface area (Å²) >= 11 is 0. The van der Waals surface area contributed by atoms with Crippen molar-refractivity contribution < 1.29 is 18.0 Å². The first-order valence-electron chi connectivity index (χ1n) is 6.03. The second-order valence-electron chi connectivity index (χ2n) is 4.15. The normalized spacial score (nSPS) is 11.6. The number of nitrogens with zero attached hydrogens (tertiary/aromatic N) is 1. The third-order valence-corrected chi connectivity index (χ3v) is 2.67. The lowest BCUT2D eigenvalue weighted by Gasteiger charge is -2.09. The van der Waals surface area contributed by atoms with Gasteiger partial charge in [0.05, 0.1) is 11.8 Å². The lowest BCUT2D eigenvalue weighted by Crippen LogP contribution is -2.18. The Kier molecular flexibility index (Phi) is 4.37. The van der Waals surface area contributed by atoms with Gasteiger partial charge in [-0.1, -0.05) is 36.4 Å². The number of alkyl halides is 3. The quantitative estimate of drug-likeness (QED) is 0.683. The summed E-state index contributed by atoms with van der Waals surface area (Å²) in [4.78, 5) is 11.7. The molecule has 0 fully saturated rings. The molecule has 0 atom stereocenters. The standard InChI is InChI=1S/C15H11F3N2O/c16-15(17,18)13-9-5-4-8-12(13)10-19-20-14(21)11-6-2-1-3-7-11/h1-10H,(H,20,21)/b19-10+. The summed E-state index contributed by atoms with van der Waals surface area (Å²) in [5.41, 5.74) is 1.65. The largest absolute Gasteiger partial charge is 0.417 e. The Balaban J connectivity index is 2.11. The third kappa shape index (κ3) is 3.92. The second kappa shape index (κ2) is 6.21. The van der Waals surface area contributed by atoms with Gasteiger partial charge in [0.1, 0.15) is 0 Å². The van der Waals surface area contributed by atoms with Crippen LogP contribution in [0.15, 0.2) is 59.7 Å². The number of hydrogen-bond donors (Lipinski definition) is 1. The Morgan fingerprint density at radius 1 is 1.00 bits per heavy atom. The molecule has 2 rings (SSSR count). The van der Waals surface area contributed by atoms with Crippen LogP contribution in [0.3, 0.4) is 0 Å². The molecule has 0 unspecified atom stereocenters. The van der Waals surface area contributed by atoms with E-state index < -0.39 is 17.6 Å². The molecule has 0 saturated heterocycles. The number of rotatable bonds is 3. The van der Waals surface area contributed by atoms with E-state index in [1.165, 1.54) is 18.2 Å². The molecule has 0 radical (unpaired) electrons. The van der Waals surface area contributed by atoms with Crippen LogP contribution in [0.5, 0.6) is 0 Å². The predicted molar refractivity (Wildman–Crippen MR) is 72.9 cm³/mol. The van der Waals surface area contributed by atoms with Gasteiger partial charge in [-0.3, -0.25) is 4.79 Å². The third-order valence-electron chi connectivity index (χ3n) is 2.67. The molecule has 0 spiro atoms. The Morgan fingerprint density at radius 3 is 2.29 bits per heavy atom. The Morgan fingerprint density at radius 2 is 1.62 bits per heavy atom. The minimum Gasteiger partial charge on any atom is -0.267 e. The SMILES string of the molecule is O=C(N/N=C/c1ccccc1C(F)(F)F)c1ccccc1. The summed E-state index contributed by atoms with van der Waals surface area (Å²) in [6.07, 6.45) is -3.49. The number of amides is 1. The number of benzene rings is 2. The minimum atomic E-state index is -4.47. The first kappa shape index (κ1) is 14.8. The number of carbonyl (C=O) groups is 1. The maximum Gasteiger partial charge on any atom is 0.417 e. The van der Waals surface area contributed by atoms with Gasteiger partial charge in [-0.05, 0) is 18.2 Å². The van der Waals surface area contributed by atoms with Crippen molar-refractivity contribution in [3.63, 3.8) is 0 Å². The van der Waals surface area contributed by atoms with E-state index in [2.05, 4.69) is 10.5 Å². The van der Waals surface area contributed by atoms with Gasteiger partial charge >= 0.3 is 6.18 Å². The zero-order valence-electron chi connectivity index (χ0n) is 10.8. The molecule has 108 valence electrons. The molecule has 3 nitrogen and oxygen atoms in total. The monoisotopic (exact) mass is 292 g/mol. The molecule has 0 aliphatic heterocycles. The lowest BCUT2D eigenvalue weighted by atomic mass is 10.1. The Bertz CT molecular complexity index is 651. The molecule has 1 amide bonds. The molecule has 2 aromatic carbocycles.